The van der Waals surface area contributed by atoms with Gasteiger partial charge < -0.3 is 14.5 Å². The van der Waals surface area contributed by atoms with Gasteiger partial charge >= 0.3 is 11.9 Å². The van der Waals surface area contributed by atoms with Crippen LogP contribution in [0.2, 0.25) is 5.15 Å². The molecule has 2 aromatic heterocycles. The lowest BCUT2D eigenvalue weighted by molar-refractivity contribution is 0.0316. The van der Waals surface area contributed by atoms with Gasteiger partial charge in [0.25, 0.3) is 0 Å². The molecule has 0 fully saturated rings. The van der Waals surface area contributed by atoms with E-state index in [2.05, 4.69) is 9.97 Å². The molecule has 0 saturated carbocycles. The molecule has 0 aromatic carbocycles. The molecule has 2 heterocycles. The third kappa shape index (κ3) is 4.11. The number of nitrogens with zero attached hydrogens (tertiary/aromatic N) is 1. The second kappa shape index (κ2) is 8.14. The van der Waals surface area contributed by atoms with Gasteiger partial charge in [-0.3, -0.25) is 4.79 Å². The highest BCUT2D eigenvalue weighted by atomic mass is 35.5. The Kier molecular flexibility index (Phi) is 6.15. The average molecular weight is 379 g/mol. The predicted octanol–water partition coefficient (Wildman–Crippen LogP) is 3.28. The van der Waals surface area contributed by atoms with Crippen LogP contribution in [0.4, 0.5) is 0 Å². The summed E-state index contributed by atoms with van der Waals surface area (Å²) in [5, 5.41) is 0.245. The molecule has 0 bridgehead atoms. The summed E-state index contributed by atoms with van der Waals surface area (Å²) in [5.41, 5.74) is 1.68. The number of Topliss-reactive ketones (excluding diaryl/α,β-unsaturated/α-hetero) is 1. The third-order valence-electron chi connectivity index (χ3n) is 3.78. The zero-order chi connectivity index (χ0) is 19.4. The van der Waals surface area contributed by atoms with Crippen LogP contribution in [0, 0.1) is 13.8 Å². The van der Waals surface area contributed by atoms with E-state index in [0.29, 0.717) is 16.8 Å². The second-order valence-corrected chi connectivity index (χ2v) is 6.01. The molecule has 138 valence electrons. The van der Waals surface area contributed by atoms with Gasteiger partial charge in [-0.25, -0.2) is 14.6 Å². The lowest BCUT2D eigenvalue weighted by Gasteiger charge is -2.12. The van der Waals surface area contributed by atoms with Crippen molar-refractivity contribution in [1.82, 2.24) is 9.97 Å². The second-order valence-electron chi connectivity index (χ2n) is 5.63. The molecule has 0 unspecified atom stereocenters. The Morgan fingerprint density at radius 1 is 1.23 bits per heavy atom. The zero-order valence-electron chi connectivity index (χ0n) is 14.9. The summed E-state index contributed by atoms with van der Waals surface area (Å²) in [5.74, 6) is -1.65. The third-order valence-corrected chi connectivity index (χ3v) is 4.00. The van der Waals surface area contributed by atoms with Crippen molar-refractivity contribution in [3.63, 3.8) is 0 Å². The van der Waals surface area contributed by atoms with Gasteiger partial charge in [-0.2, -0.15) is 0 Å². The fourth-order valence-electron chi connectivity index (χ4n) is 2.49. The number of pyridine rings is 1. The van der Waals surface area contributed by atoms with E-state index < -0.39 is 23.8 Å². The zero-order valence-corrected chi connectivity index (χ0v) is 15.6. The Labute approximate surface area is 155 Å². The van der Waals surface area contributed by atoms with Gasteiger partial charge in [-0.15, -0.1) is 0 Å². The fourth-order valence-corrected chi connectivity index (χ4v) is 2.60. The molecule has 8 heteroatoms. The van der Waals surface area contributed by atoms with E-state index in [9.17, 15) is 14.4 Å². The van der Waals surface area contributed by atoms with Gasteiger partial charge in [0.05, 0.1) is 23.4 Å². The van der Waals surface area contributed by atoms with Crippen molar-refractivity contribution in [2.75, 3.05) is 6.61 Å². The summed E-state index contributed by atoms with van der Waals surface area (Å²) in [4.78, 5) is 43.5. The number of hydrogen-bond donors (Lipinski definition) is 1. The number of H-pyrrole nitrogens is 1. The molecule has 0 aliphatic heterocycles. The van der Waals surface area contributed by atoms with Crippen LogP contribution in [-0.4, -0.2) is 40.4 Å². The first kappa shape index (κ1) is 19.7. The molecular weight excluding hydrogens is 360 g/mol. The van der Waals surface area contributed by atoms with Crippen molar-refractivity contribution < 1.29 is 23.9 Å². The Balaban J connectivity index is 2.18. The van der Waals surface area contributed by atoms with Gasteiger partial charge in [-0.1, -0.05) is 11.6 Å². The maximum absolute atomic E-state index is 12.6. The first-order chi connectivity index (χ1) is 12.3. The van der Waals surface area contributed by atoms with Crippen LogP contribution in [0.3, 0.4) is 0 Å². The van der Waals surface area contributed by atoms with Gasteiger partial charge in [0, 0.05) is 11.9 Å². The standard InChI is InChI=1S/C18H19ClN2O5/c1-5-25-18(24)14-9(2)15(21-10(14)3)16(22)11(4)26-17(23)12-6-7-13(19)20-8-12/h6-8,11,21H,5H2,1-4H3/t11-/m1/s1. The maximum atomic E-state index is 12.6. The van der Waals surface area contributed by atoms with E-state index in [1.165, 1.54) is 25.3 Å². The summed E-state index contributed by atoms with van der Waals surface area (Å²) in [6.07, 6.45) is 0.218. The number of hydrogen-bond acceptors (Lipinski definition) is 6. The molecule has 1 atom stereocenters. The number of ether oxygens (including phenoxy) is 2. The van der Waals surface area contributed by atoms with Gasteiger partial charge in [0.2, 0.25) is 5.78 Å². The Morgan fingerprint density at radius 3 is 2.50 bits per heavy atom. The van der Waals surface area contributed by atoms with E-state index in [0.717, 1.165) is 0 Å². The number of aromatic nitrogens is 2. The van der Waals surface area contributed by atoms with Gasteiger partial charge in [0.1, 0.15) is 5.15 Å². The van der Waals surface area contributed by atoms with Crippen LogP contribution in [-0.2, 0) is 9.47 Å². The van der Waals surface area contributed by atoms with E-state index >= 15 is 0 Å². The minimum absolute atomic E-state index is 0.181. The Hall–Kier alpha value is -2.67. The predicted molar refractivity (Wildman–Crippen MR) is 94.7 cm³/mol. The largest absolute Gasteiger partial charge is 0.462 e. The lowest BCUT2D eigenvalue weighted by atomic mass is 10.1. The van der Waals surface area contributed by atoms with E-state index in [1.807, 2.05) is 0 Å². The highest BCUT2D eigenvalue weighted by Crippen LogP contribution is 2.21. The monoisotopic (exact) mass is 378 g/mol. The Bertz CT molecular complexity index is 842. The minimum atomic E-state index is -1.05. The van der Waals surface area contributed by atoms with Gasteiger partial charge in [-0.05, 0) is 45.4 Å². The quantitative estimate of drug-likeness (QED) is 0.470. The van der Waals surface area contributed by atoms with Crippen LogP contribution in [0.25, 0.3) is 0 Å². The van der Waals surface area contributed by atoms with Gasteiger partial charge in [0.15, 0.2) is 6.10 Å². The molecule has 0 saturated heterocycles. The molecule has 0 amide bonds. The fraction of sp³-hybridized carbons (Fsp3) is 0.333. The van der Waals surface area contributed by atoms with E-state index in [4.69, 9.17) is 21.1 Å². The Morgan fingerprint density at radius 2 is 1.92 bits per heavy atom. The smallest absolute Gasteiger partial charge is 0.340 e. The number of halogens is 1. The molecule has 1 N–H and O–H groups in total. The summed E-state index contributed by atoms with van der Waals surface area (Å²) in [6.45, 7) is 6.71. The maximum Gasteiger partial charge on any atom is 0.340 e. The molecule has 0 aliphatic rings. The van der Waals surface area contributed by atoms with Crippen molar-refractivity contribution in [3.8, 4) is 0 Å². The molecule has 2 rings (SSSR count). The molecule has 0 radical (unpaired) electrons. The first-order valence-corrected chi connectivity index (χ1v) is 8.37. The highest BCUT2D eigenvalue weighted by Gasteiger charge is 2.27. The number of aryl methyl sites for hydroxylation is 1. The van der Waals surface area contributed by atoms with E-state index in [1.54, 1.807) is 20.8 Å². The van der Waals surface area contributed by atoms with Crippen molar-refractivity contribution in [3.05, 3.63) is 51.6 Å². The lowest BCUT2D eigenvalue weighted by Crippen LogP contribution is -2.25. The van der Waals surface area contributed by atoms with Crippen molar-refractivity contribution in [2.24, 2.45) is 0 Å². The summed E-state index contributed by atoms with van der Waals surface area (Å²) >= 11 is 5.68. The number of esters is 2. The SMILES string of the molecule is CCOC(=O)c1c(C)[nH]c(C(=O)[C@@H](C)OC(=O)c2ccc(Cl)nc2)c1C. The van der Waals surface area contributed by atoms with Crippen LogP contribution < -0.4 is 0 Å². The average Bonchev–Trinajstić information content (AvgIpc) is 2.89. The highest BCUT2D eigenvalue weighted by molar-refractivity contribution is 6.29. The number of nitrogens with one attached hydrogen (secondary N) is 1. The van der Waals surface area contributed by atoms with Crippen LogP contribution in [0.1, 0.15) is 56.3 Å². The number of rotatable bonds is 6. The topological polar surface area (TPSA) is 98.4 Å². The summed E-state index contributed by atoms with van der Waals surface area (Å²) < 4.78 is 10.2. The molecule has 26 heavy (non-hydrogen) atoms. The first-order valence-electron chi connectivity index (χ1n) is 7.99. The van der Waals surface area contributed by atoms with Crippen molar-refractivity contribution >= 4 is 29.3 Å². The number of carbonyl (C=O) groups is 3. The van der Waals surface area contributed by atoms with E-state index in [-0.39, 0.29) is 23.0 Å². The van der Waals surface area contributed by atoms with Crippen LogP contribution >= 0.6 is 11.6 Å². The molecule has 2 aromatic rings. The summed E-state index contributed by atoms with van der Waals surface area (Å²) in [6, 6.07) is 2.91. The minimum Gasteiger partial charge on any atom is -0.462 e. The van der Waals surface area contributed by atoms with Crippen LogP contribution in [0.15, 0.2) is 18.3 Å². The number of carbonyl (C=O) groups excluding carboxylic acids is 3. The molecule has 7 nitrogen and oxygen atoms in total. The van der Waals surface area contributed by atoms with Crippen LogP contribution in [0.5, 0.6) is 0 Å². The normalized spacial score (nSPS) is 11.7. The number of aromatic amines is 1. The number of ketones is 1. The summed E-state index contributed by atoms with van der Waals surface area (Å²) in [7, 11) is 0. The van der Waals surface area contributed by atoms with Crippen molar-refractivity contribution in [1.29, 1.82) is 0 Å². The molecular formula is C18H19ClN2O5. The molecule has 0 aliphatic carbocycles. The molecule has 0 spiro atoms. The van der Waals surface area contributed by atoms with Crippen molar-refractivity contribution in [2.45, 2.75) is 33.8 Å².